The first-order chi connectivity index (χ1) is 14.2. The van der Waals surface area contributed by atoms with Gasteiger partial charge in [-0.25, -0.2) is 4.98 Å². The second kappa shape index (κ2) is 8.37. The van der Waals surface area contributed by atoms with Crippen LogP contribution in [0.25, 0.3) is 0 Å². The minimum absolute atomic E-state index is 0.117. The number of pyridine rings is 1. The molecule has 2 aromatic rings. The minimum Gasteiger partial charge on any atom is -0.480 e. The molecule has 1 N–H and O–H groups in total. The maximum absolute atomic E-state index is 11.8. The number of ether oxygens (including phenoxy) is 2. The number of piperidine rings is 1. The summed E-state index contributed by atoms with van der Waals surface area (Å²) in [5.41, 5.74) is 1.21. The van der Waals surface area contributed by atoms with Crippen LogP contribution < -0.4 is 9.64 Å². The molecule has 0 bridgehead atoms. The molecular formula is C22H26N4O3. The molecular weight excluding hydrogens is 368 g/mol. The molecule has 2 fully saturated rings. The maximum atomic E-state index is 11.8. The minimum atomic E-state index is -0.959. The molecule has 0 aliphatic carbocycles. The van der Waals surface area contributed by atoms with E-state index in [0.717, 1.165) is 24.3 Å². The fourth-order valence-electron chi connectivity index (χ4n) is 4.47. The first kappa shape index (κ1) is 19.6. The summed E-state index contributed by atoms with van der Waals surface area (Å²) in [5, 5.41) is 21.5. The Labute approximate surface area is 171 Å². The molecule has 29 heavy (non-hydrogen) atoms. The number of nitrogens with zero attached hydrogens (tertiary/aromatic N) is 4. The third kappa shape index (κ3) is 3.67. The highest BCUT2D eigenvalue weighted by atomic mass is 16.5. The van der Waals surface area contributed by atoms with E-state index in [2.05, 4.69) is 20.9 Å². The van der Waals surface area contributed by atoms with E-state index in [9.17, 15) is 10.4 Å². The molecule has 4 rings (SSSR count). The fourth-order valence-corrected chi connectivity index (χ4v) is 4.47. The van der Waals surface area contributed by atoms with Gasteiger partial charge in [0.15, 0.2) is 0 Å². The highest BCUT2D eigenvalue weighted by molar-refractivity contribution is 5.63. The monoisotopic (exact) mass is 394 g/mol. The predicted molar refractivity (Wildman–Crippen MR) is 109 cm³/mol. The van der Waals surface area contributed by atoms with Crippen LogP contribution in [0, 0.1) is 11.3 Å². The summed E-state index contributed by atoms with van der Waals surface area (Å²) in [5.74, 6) is 0.330. The Morgan fingerprint density at radius 2 is 1.97 bits per heavy atom. The van der Waals surface area contributed by atoms with Crippen LogP contribution in [0.4, 0.5) is 5.69 Å². The molecule has 3 heterocycles. The Morgan fingerprint density at radius 1 is 1.21 bits per heavy atom. The Kier molecular flexibility index (Phi) is 5.67. The molecule has 0 spiro atoms. The highest BCUT2D eigenvalue weighted by Gasteiger charge is 2.46. The normalized spacial score (nSPS) is 25.4. The average Bonchev–Trinajstić information content (AvgIpc) is 2.80. The van der Waals surface area contributed by atoms with Gasteiger partial charge in [0.1, 0.15) is 17.2 Å². The van der Waals surface area contributed by atoms with Crippen LogP contribution in [0.1, 0.15) is 17.5 Å². The molecule has 0 saturated carbocycles. The summed E-state index contributed by atoms with van der Waals surface area (Å²) in [7, 11) is 1.52. The summed E-state index contributed by atoms with van der Waals surface area (Å²) in [4.78, 5) is 8.64. The third-order valence-corrected chi connectivity index (χ3v) is 6.01. The van der Waals surface area contributed by atoms with E-state index in [-0.39, 0.29) is 6.04 Å². The summed E-state index contributed by atoms with van der Waals surface area (Å²) >= 11 is 0. The van der Waals surface area contributed by atoms with Gasteiger partial charge in [0.25, 0.3) is 0 Å². The van der Waals surface area contributed by atoms with Crippen molar-refractivity contribution in [2.24, 2.45) is 0 Å². The Morgan fingerprint density at radius 3 is 2.66 bits per heavy atom. The zero-order valence-electron chi connectivity index (χ0n) is 16.6. The summed E-state index contributed by atoms with van der Waals surface area (Å²) in [6.45, 7) is 4.11. The van der Waals surface area contributed by atoms with Crippen LogP contribution in [0.3, 0.4) is 0 Å². The number of hydrogen-bond donors (Lipinski definition) is 1. The number of aromatic nitrogens is 1. The number of rotatable bonds is 4. The van der Waals surface area contributed by atoms with Crippen molar-refractivity contribution < 1.29 is 14.6 Å². The first-order valence-electron chi connectivity index (χ1n) is 9.95. The van der Waals surface area contributed by atoms with Crippen LogP contribution in [-0.4, -0.2) is 67.5 Å². The highest BCUT2D eigenvalue weighted by Crippen LogP contribution is 2.39. The molecule has 0 unspecified atom stereocenters. The van der Waals surface area contributed by atoms with Crippen LogP contribution >= 0.6 is 0 Å². The molecule has 7 heteroatoms. The molecule has 1 aromatic carbocycles. The van der Waals surface area contributed by atoms with Gasteiger partial charge in [-0.05, 0) is 18.1 Å². The van der Waals surface area contributed by atoms with Crippen molar-refractivity contribution in [1.29, 1.82) is 5.26 Å². The second-order valence-electron chi connectivity index (χ2n) is 7.48. The lowest BCUT2D eigenvalue weighted by molar-refractivity contribution is -0.0910. The van der Waals surface area contributed by atoms with E-state index in [1.54, 1.807) is 6.20 Å². The smallest absolute Gasteiger partial charge is 0.233 e. The van der Waals surface area contributed by atoms with Gasteiger partial charge in [-0.2, -0.15) is 5.26 Å². The van der Waals surface area contributed by atoms with Gasteiger partial charge >= 0.3 is 0 Å². The number of hydrogen-bond acceptors (Lipinski definition) is 7. The molecule has 0 radical (unpaired) electrons. The predicted octanol–water partition coefficient (Wildman–Crippen LogP) is 1.76. The van der Waals surface area contributed by atoms with Crippen molar-refractivity contribution >= 4 is 5.69 Å². The van der Waals surface area contributed by atoms with Gasteiger partial charge in [-0.1, -0.05) is 30.3 Å². The van der Waals surface area contributed by atoms with E-state index in [1.807, 2.05) is 36.4 Å². The van der Waals surface area contributed by atoms with Gasteiger partial charge in [-0.15, -0.1) is 0 Å². The molecule has 2 aliphatic heterocycles. The zero-order valence-corrected chi connectivity index (χ0v) is 16.6. The van der Waals surface area contributed by atoms with Crippen molar-refractivity contribution in [2.75, 3.05) is 51.4 Å². The SMILES string of the molecule is COc1nccc(N2CC[C@](O)(c3ccccc3)[C@H](N3CCOCC3)C2)c1C#N. The van der Waals surface area contributed by atoms with Crippen molar-refractivity contribution in [1.82, 2.24) is 9.88 Å². The van der Waals surface area contributed by atoms with E-state index in [0.29, 0.717) is 44.2 Å². The van der Waals surface area contributed by atoms with Gasteiger partial charge in [-0.3, -0.25) is 4.90 Å². The zero-order chi connectivity index (χ0) is 20.3. The van der Waals surface area contributed by atoms with E-state index in [1.165, 1.54) is 7.11 Å². The second-order valence-corrected chi connectivity index (χ2v) is 7.48. The van der Waals surface area contributed by atoms with Crippen LogP contribution in [0.5, 0.6) is 5.88 Å². The number of nitriles is 1. The van der Waals surface area contributed by atoms with Crippen LogP contribution in [0.15, 0.2) is 42.6 Å². The lowest BCUT2D eigenvalue weighted by Gasteiger charge is -2.51. The summed E-state index contributed by atoms with van der Waals surface area (Å²) < 4.78 is 10.8. The van der Waals surface area contributed by atoms with Crippen LogP contribution in [-0.2, 0) is 10.3 Å². The quantitative estimate of drug-likeness (QED) is 0.846. The third-order valence-electron chi connectivity index (χ3n) is 6.01. The number of methoxy groups -OCH3 is 1. The molecule has 2 aliphatic rings. The lowest BCUT2D eigenvalue weighted by Crippen LogP contribution is -2.62. The van der Waals surface area contributed by atoms with Gasteiger partial charge < -0.3 is 19.5 Å². The van der Waals surface area contributed by atoms with Crippen molar-refractivity contribution in [3.8, 4) is 11.9 Å². The van der Waals surface area contributed by atoms with Gasteiger partial charge in [0.2, 0.25) is 5.88 Å². The summed E-state index contributed by atoms with van der Waals surface area (Å²) in [6.07, 6.45) is 2.23. The maximum Gasteiger partial charge on any atom is 0.233 e. The largest absolute Gasteiger partial charge is 0.480 e. The lowest BCUT2D eigenvalue weighted by atomic mass is 9.79. The molecule has 1 aromatic heterocycles. The number of benzene rings is 1. The van der Waals surface area contributed by atoms with Crippen molar-refractivity contribution in [3.63, 3.8) is 0 Å². The van der Waals surface area contributed by atoms with E-state index in [4.69, 9.17) is 9.47 Å². The Balaban J connectivity index is 1.70. The number of anilines is 1. The molecule has 152 valence electrons. The molecule has 2 saturated heterocycles. The molecule has 7 nitrogen and oxygen atoms in total. The van der Waals surface area contributed by atoms with E-state index < -0.39 is 5.60 Å². The van der Waals surface area contributed by atoms with E-state index >= 15 is 0 Å². The number of morpholine rings is 1. The average molecular weight is 394 g/mol. The molecule has 0 amide bonds. The topological polar surface area (TPSA) is 81.8 Å². The molecule has 2 atom stereocenters. The fraction of sp³-hybridized carbons (Fsp3) is 0.455. The number of aliphatic hydroxyl groups is 1. The van der Waals surface area contributed by atoms with Crippen molar-refractivity contribution in [3.05, 3.63) is 53.7 Å². The summed E-state index contributed by atoms with van der Waals surface area (Å²) in [6, 6.07) is 13.9. The Bertz CT molecular complexity index is 879. The Hall–Kier alpha value is -2.66. The van der Waals surface area contributed by atoms with Crippen LogP contribution in [0.2, 0.25) is 0 Å². The van der Waals surface area contributed by atoms with Gasteiger partial charge in [0.05, 0.1) is 32.1 Å². The standard InChI is InChI=1S/C22H26N4O3/c1-28-21-18(15-23)19(7-9-24-21)26-10-8-22(27,17-5-3-2-4-6-17)20(16-26)25-11-13-29-14-12-25/h2-7,9,20,27H,8,10-14,16H2,1H3/t20-,22+/m1/s1. The van der Waals surface area contributed by atoms with Crippen molar-refractivity contribution in [2.45, 2.75) is 18.1 Å². The van der Waals surface area contributed by atoms with Gasteiger partial charge in [0, 0.05) is 32.4 Å². The first-order valence-corrected chi connectivity index (χ1v) is 9.95.